The molecule has 3 N–H and O–H groups in total. The predicted molar refractivity (Wildman–Crippen MR) is 109 cm³/mol. The van der Waals surface area contributed by atoms with Crippen molar-refractivity contribution in [3.05, 3.63) is 35.5 Å². The molecule has 2 aromatic rings. The summed E-state index contributed by atoms with van der Waals surface area (Å²) in [4.78, 5) is 23.4. The number of hydrogen-bond donors (Lipinski definition) is 2. The van der Waals surface area contributed by atoms with Crippen molar-refractivity contribution in [2.24, 2.45) is 11.7 Å². The van der Waals surface area contributed by atoms with Gasteiger partial charge in [0.1, 0.15) is 30.1 Å². The zero-order chi connectivity index (χ0) is 21.0. The standard InChI is InChI=1S/C20H28N8O/c1-13(2)18(22)20-24-14(3)26-28(20)12-17(29)25-16-6-9-27(10-7-16)19-15(11-21)5-4-8-23-19/h4-5,8,13,16,18H,6-7,9-10,12,22H2,1-3H3,(H,25,29)/t18-/m0/s1. The van der Waals surface area contributed by atoms with Gasteiger partial charge in [0.25, 0.3) is 0 Å². The molecule has 3 rings (SSSR count). The van der Waals surface area contributed by atoms with Crippen molar-refractivity contribution in [3.8, 4) is 6.07 Å². The number of nitrogens with one attached hydrogen (secondary N) is 1. The number of anilines is 1. The molecule has 29 heavy (non-hydrogen) atoms. The zero-order valence-corrected chi connectivity index (χ0v) is 17.2. The Kier molecular flexibility index (Phi) is 6.44. The lowest BCUT2D eigenvalue weighted by atomic mass is 10.0. The highest BCUT2D eigenvalue weighted by molar-refractivity contribution is 5.76. The lowest BCUT2D eigenvalue weighted by molar-refractivity contribution is -0.122. The Morgan fingerprint density at radius 1 is 1.41 bits per heavy atom. The van der Waals surface area contributed by atoms with Crippen molar-refractivity contribution in [1.29, 1.82) is 5.26 Å². The summed E-state index contributed by atoms with van der Waals surface area (Å²) in [5.41, 5.74) is 6.79. The van der Waals surface area contributed by atoms with E-state index in [1.54, 1.807) is 29.9 Å². The van der Waals surface area contributed by atoms with Crippen LogP contribution in [0.2, 0.25) is 0 Å². The number of aryl methyl sites for hydroxylation is 1. The Balaban J connectivity index is 1.56. The lowest BCUT2D eigenvalue weighted by Gasteiger charge is -2.33. The molecule has 0 aliphatic carbocycles. The third-order valence-corrected chi connectivity index (χ3v) is 5.18. The molecule has 1 amide bonds. The highest BCUT2D eigenvalue weighted by atomic mass is 16.2. The molecule has 1 aliphatic rings. The average molecular weight is 396 g/mol. The number of rotatable bonds is 6. The molecule has 1 aliphatic heterocycles. The first kappa shape index (κ1) is 20.7. The van der Waals surface area contributed by atoms with E-state index in [1.807, 2.05) is 13.8 Å². The van der Waals surface area contributed by atoms with E-state index in [9.17, 15) is 10.1 Å². The maximum Gasteiger partial charge on any atom is 0.242 e. The van der Waals surface area contributed by atoms with Crippen molar-refractivity contribution < 1.29 is 4.79 Å². The molecule has 9 heteroatoms. The number of pyridine rings is 1. The second-order valence-corrected chi connectivity index (χ2v) is 7.76. The van der Waals surface area contributed by atoms with E-state index in [-0.39, 0.29) is 30.5 Å². The first-order chi connectivity index (χ1) is 13.9. The maximum atomic E-state index is 12.6. The zero-order valence-electron chi connectivity index (χ0n) is 17.2. The van der Waals surface area contributed by atoms with Gasteiger partial charge in [0.05, 0.1) is 11.6 Å². The third-order valence-electron chi connectivity index (χ3n) is 5.18. The Hall–Kier alpha value is -2.99. The number of nitriles is 1. The van der Waals surface area contributed by atoms with Crippen LogP contribution in [0.4, 0.5) is 5.82 Å². The van der Waals surface area contributed by atoms with E-state index < -0.39 is 0 Å². The predicted octanol–water partition coefficient (Wildman–Crippen LogP) is 1.29. The summed E-state index contributed by atoms with van der Waals surface area (Å²) in [6.07, 6.45) is 3.29. The van der Waals surface area contributed by atoms with Gasteiger partial charge < -0.3 is 16.0 Å². The normalized spacial score (nSPS) is 15.9. The minimum absolute atomic E-state index is 0.0832. The second-order valence-electron chi connectivity index (χ2n) is 7.76. The number of nitrogens with two attached hydrogens (primary N) is 1. The number of carbonyl (C=O) groups is 1. The molecule has 0 saturated carbocycles. The van der Waals surface area contributed by atoms with E-state index in [0.29, 0.717) is 23.0 Å². The number of aromatic nitrogens is 4. The minimum Gasteiger partial charge on any atom is -0.355 e. The van der Waals surface area contributed by atoms with Crippen LogP contribution in [0.1, 0.15) is 49.9 Å². The van der Waals surface area contributed by atoms with Crippen LogP contribution in [-0.2, 0) is 11.3 Å². The van der Waals surface area contributed by atoms with Crippen LogP contribution >= 0.6 is 0 Å². The Bertz CT molecular complexity index is 892. The highest BCUT2D eigenvalue weighted by Crippen LogP contribution is 2.21. The van der Waals surface area contributed by atoms with Crippen LogP contribution in [0.5, 0.6) is 0 Å². The summed E-state index contributed by atoms with van der Waals surface area (Å²) < 4.78 is 1.61. The van der Waals surface area contributed by atoms with E-state index in [0.717, 1.165) is 25.9 Å². The number of carbonyl (C=O) groups excluding carboxylic acids is 1. The molecule has 3 heterocycles. The highest BCUT2D eigenvalue weighted by Gasteiger charge is 2.24. The molecule has 1 fully saturated rings. The van der Waals surface area contributed by atoms with Crippen LogP contribution in [-0.4, -0.2) is 44.8 Å². The topological polar surface area (TPSA) is 126 Å². The lowest BCUT2D eigenvalue weighted by Crippen LogP contribution is -2.46. The fraction of sp³-hybridized carbons (Fsp3) is 0.550. The molecule has 154 valence electrons. The van der Waals surface area contributed by atoms with Gasteiger partial charge in [-0.05, 0) is 37.8 Å². The van der Waals surface area contributed by atoms with Crippen molar-refractivity contribution in [3.63, 3.8) is 0 Å². The molecular weight excluding hydrogens is 368 g/mol. The molecule has 1 atom stereocenters. The summed E-state index contributed by atoms with van der Waals surface area (Å²) in [7, 11) is 0. The average Bonchev–Trinajstić information content (AvgIpc) is 3.07. The molecule has 0 unspecified atom stereocenters. The molecule has 0 bridgehead atoms. The van der Waals surface area contributed by atoms with Crippen molar-refractivity contribution in [2.75, 3.05) is 18.0 Å². The van der Waals surface area contributed by atoms with Crippen LogP contribution in [0, 0.1) is 24.2 Å². The molecule has 0 spiro atoms. The monoisotopic (exact) mass is 396 g/mol. The fourth-order valence-electron chi connectivity index (χ4n) is 3.51. The second kappa shape index (κ2) is 9.01. The van der Waals surface area contributed by atoms with Crippen molar-refractivity contribution >= 4 is 11.7 Å². The van der Waals surface area contributed by atoms with Gasteiger partial charge in [0.15, 0.2) is 0 Å². The summed E-state index contributed by atoms with van der Waals surface area (Å²) >= 11 is 0. The minimum atomic E-state index is -0.264. The van der Waals surface area contributed by atoms with E-state index >= 15 is 0 Å². The molecular formula is C20H28N8O. The Morgan fingerprint density at radius 3 is 2.79 bits per heavy atom. The van der Waals surface area contributed by atoms with Crippen molar-refractivity contribution in [1.82, 2.24) is 25.1 Å². The van der Waals surface area contributed by atoms with Gasteiger partial charge in [-0.25, -0.2) is 14.6 Å². The third kappa shape index (κ3) is 4.90. The molecule has 1 saturated heterocycles. The van der Waals surface area contributed by atoms with Gasteiger partial charge in [-0.3, -0.25) is 4.79 Å². The SMILES string of the molecule is Cc1nc([C@@H](N)C(C)C)n(CC(=O)NC2CCN(c3ncccc3C#N)CC2)n1. The van der Waals surface area contributed by atoms with Gasteiger partial charge >= 0.3 is 0 Å². The first-order valence-electron chi connectivity index (χ1n) is 9.95. The van der Waals surface area contributed by atoms with Crippen LogP contribution in [0.25, 0.3) is 0 Å². The molecule has 2 aromatic heterocycles. The fourth-order valence-corrected chi connectivity index (χ4v) is 3.51. The van der Waals surface area contributed by atoms with Gasteiger partial charge in [-0.1, -0.05) is 13.8 Å². The van der Waals surface area contributed by atoms with E-state index in [2.05, 4.69) is 31.4 Å². The number of nitrogens with zero attached hydrogens (tertiary/aromatic N) is 6. The van der Waals surface area contributed by atoms with Crippen molar-refractivity contribution in [2.45, 2.75) is 52.2 Å². The first-order valence-corrected chi connectivity index (χ1v) is 9.95. The maximum absolute atomic E-state index is 12.6. The molecule has 0 radical (unpaired) electrons. The van der Waals surface area contributed by atoms with Gasteiger partial charge in [0.2, 0.25) is 5.91 Å². The smallest absolute Gasteiger partial charge is 0.242 e. The largest absolute Gasteiger partial charge is 0.355 e. The summed E-state index contributed by atoms with van der Waals surface area (Å²) in [6, 6.07) is 5.55. The van der Waals surface area contributed by atoms with Gasteiger partial charge in [-0.15, -0.1) is 0 Å². The van der Waals surface area contributed by atoms with Crippen LogP contribution in [0.3, 0.4) is 0 Å². The van der Waals surface area contributed by atoms with Gasteiger partial charge in [0, 0.05) is 25.3 Å². The summed E-state index contributed by atoms with van der Waals surface area (Å²) in [6.45, 7) is 7.42. The number of hydrogen-bond acceptors (Lipinski definition) is 7. The summed E-state index contributed by atoms with van der Waals surface area (Å²) in [5.74, 6) is 2.07. The molecule has 9 nitrogen and oxygen atoms in total. The van der Waals surface area contributed by atoms with Crippen LogP contribution in [0.15, 0.2) is 18.3 Å². The quantitative estimate of drug-likeness (QED) is 0.753. The van der Waals surface area contributed by atoms with Gasteiger partial charge in [-0.2, -0.15) is 10.4 Å². The number of piperidine rings is 1. The molecule has 0 aromatic carbocycles. The van der Waals surface area contributed by atoms with Crippen LogP contribution < -0.4 is 16.0 Å². The Labute approximate surface area is 170 Å². The van der Waals surface area contributed by atoms with E-state index in [1.165, 1.54) is 0 Å². The van der Waals surface area contributed by atoms with E-state index in [4.69, 9.17) is 5.73 Å². The Morgan fingerprint density at radius 2 is 2.14 bits per heavy atom. The summed E-state index contributed by atoms with van der Waals surface area (Å²) in [5, 5.41) is 16.7. The number of amides is 1.